The fraction of sp³-hybridized carbons (Fsp3) is 0.250. The van der Waals surface area contributed by atoms with E-state index >= 15 is 0 Å². The minimum Gasteiger partial charge on any atom is -0.382 e. The lowest BCUT2D eigenvalue weighted by Gasteiger charge is -2.21. The molecule has 0 amide bonds. The third kappa shape index (κ3) is 1.21. The summed E-state index contributed by atoms with van der Waals surface area (Å²) in [7, 11) is 0. The first-order valence-electron chi connectivity index (χ1n) is 3.75. The van der Waals surface area contributed by atoms with Gasteiger partial charge in [0, 0.05) is 13.1 Å². The molecular formula is C8H8Cl2N2. The fourth-order valence-corrected chi connectivity index (χ4v) is 1.64. The Labute approximate surface area is 80.9 Å². The molecular weight excluding hydrogens is 195 g/mol. The molecule has 64 valence electrons. The van der Waals surface area contributed by atoms with E-state index in [0.717, 1.165) is 24.5 Å². The first kappa shape index (κ1) is 8.02. The Morgan fingerprint density at radius 2 is 1.83 bits per heavy atom. The molecule has 1 aromatic rings. The largest absolute Gasteiger partial charge is 0.382 e. The van der Waals surface area contributed by atoms with Gasteiger partial charge in [-0.25, -0.2) is 0 Å². The van der Waals surface area contributed by atoms with Crippen LogP contribution in [0.15, 0.2) is 12.1 Å². The number of halogens is 2. The van der Waals surface area contributed by atoms with Gasteiger partial charge in [-0.3, -0.25) is 0 Å². The van der Waals surface area contributed by atoms with E-state index in [2.05, 4.69) is 10.6 Å². The maximum atomic E-state index is 5.98. The molecule has 2 nitrogen and oxygen atoms in total. The van der Waals surface area contributed by atoms with Crippen molar-refractivity contribution in [2.45, 2.75) is 0 Å². The summed E-state index contributed by atoms with van der Waals surface area (Å²) in [6.45, 7) is 1.80. The lowest BCUT2D eigenvalue weighted by atomic mass is 10.2. The van der Waals surface area contributed by atoms with Crippen LogP contribution in [0.4, 0.5) is 11.4 Å². The molecule has 0 saturated heterocycles. The highest BCUT2D eigenvalue weighted by atomic mass is 35.5. The van der Waals surface area contributed by atoms with E-state index in [-0.39, 0.29) is 0 Å². The molecule has 2 N–H and O–H groups in total. The fourth-order valence-electron chi connectivity index (χ4n) is 1.26. The summed E-state index contributed by atoms with van der Waals surface area (Å²) in [4.78, 5) is 0. The molecule has 1 aromatic carbocycles. The molecule has 2 rings (SSSR count). The Balaban J connectivity index is 2.54. The van der Waals surface area contributed by atoms with Crippen molar-refractivity contribution in [3.8, 4) is 0 Å². The molecule has 12 heavy (non-hydrogen) atoms. The summed E-state index contributed by atoms with van der Waals surface area (Å²) in [6, 6.07) is 3.72. The molecule has 4 heteroatoms. The van der Waals surface area contributed by atoms with E-state index in [4.69, 9.17) is 23.2 Å². The third-order valence-electron chi connectivity index (χ3n) is 1.84. The van der Waals surface area contributed by atoms with Crippen molar-refractivity contribution >= 4 is 34.6 Å². The smallest absolute Gasteiger partial charge is 0.0844 e. The van der Waals surface area contributed by atoms with Gasteiger partial charge >= 0.3 is 0 Å². The Morgan fingerprint density at radius 3 is 2.67 bits per heavy atom. The van der Waals surface area contributed by atoms with Crippen molar-refractivity contribution in [2.75, 3.05) is 23.7 Å². The lowest BCUT2D eigenvalue weighted by molar-refractivity contribution is 1.05. The van der Waals surface area contributed by atoms with Crippen LogP contribution < -0.4 is 10.6 Å². The van der Waals surface area contributed by atoms with E-state index < -0.39 is 0 Å². The van der Waals surface area contributed by atoms with Crippen molar-refractivity contribution in [1.29, 1.82) is 0 Å². The monoisotopic (exact) mass is 202 g/mol. The van der Waals surface area contributed by atoms with Gasteiger partial charge in [-0.1, -0.05) is 23.2 Å². The van der Waals surface area contributed by atoms with Crippen LogP contribution in [-0.2, 0) is 0 Å². The Kier molecular flexibility index (Phi) is 2.03. The second kappa shape index (κ2) is 3.04. The van der Waals surface area contributed by atoms with E-state index in [1.165, 1.54) is 0 Å². The van der Waals surface area contributed by atoms with Gasteiger partial charge in [-0.05, 0) is 12.1 Å². The molecule has 0 aliphatic carbocycles. The Morgan fingerprint density at radius 1 is 1.08 bits per heavy atom. The molecule has 0 saturated carbocycles. The lowest BCUT2D eigenvalue weighted by Crippen LogP contribution is -2.20. The number of benzene rings is 1. The standard InChI is InChI=1S/C8H8Cl2N2/c9-5-1-2-6-8(7(5)10)12-4-3-11-6/h1-2,11-12H,3-4H2. The topological polar surface area (TPSA) is 24.1 Å². The predicted molar refractivity (Wildman–Crippen MR) is 53.4 cm³/mol. The van der Waals surface area contributed by atoms with Gasteiger partial charge in [-0.2, -0.15) is 0 Å². The molecule has 0 bridgehead atoms. The van der Waals surface area contributed by atoms with Crippen LogP contribution in [0, 0.1) is 0 Å². The van der Waals surface area contributed by atoms with Crippen LogP contribution >= 0.6 is 23.2 Å². The summed E-state index contributed by atoms with van der Waals surface area (Å²) >= 11 is 11.8. The predicted octanol–water partition coefficient (Wildman–Crippen LogP) is 2.83. The maximum Gasteiger partial charge on any atom is 0.0844 e. The van der Waals surface area contributed by atoms with Crippen LogP contribution in [0.3, 0.4) is 0 Å². The van der Waals surface area contributed by atoms with Crippen LogP contribution in [0.1, 0.15) is 0 Å². The van der Waals surface area contributed by atoms with Crippen molar-refractivity contribution in [1.82, 2.24) is 0 Å². The zero-order valence-electron chi connectivity index (χ0n) is 6.32. The first-order valence-corrected chi connectivity index (χ1v) is 4.50. The molecule has 0 spiro atoms. The molecule has 0 atom stereocenters. The summed E-state index contributed by atoms with van der Waals surface area (Å²) in [5.74, 6) is 0. The quantitative estimate of drug-likeness (QED) is 0.677. The second-order valence-electron chi connectivity index (χ2n) is 2.64. The number of hydrogen-bond donors (Lipinski definition) is 2. The molecule has 1 aliphatic rings. The minimum absolute atomic E-state index is 0.589. The Hall–Kier alpha value is -0.600. The highest BCUT2D eigenvalue weighted by molar-refractivity contribution is 6.44. The zero-order valence-corrected chi connectivity index (χ0v) is 7.84. The SMILES string of the molecule is Clc1ccc2c(c1Cl)NCCN2. The number of hydrogen-bond acceptors (Lipinski definition) is 2. The summed E-state index contributed by atoms with van der Waals surface area (Å²) in [5.41, 5.74) is 1.94. The Bertz CT molecular complexity index is 312. The number of rotatable bonds is 0. The van der Waals surface area contributed by atoms with E-state index in [9.17, 15) is 0 Å². The molecule has 0 radical (unpaired) electrons. The maximum absolute atomic E-state index is 5.98. The molecule has 0 aromatic heterocycles. The van der Waals surface area contributed by atoms with Gasteiger partial charge in [0.1, 0.15) is 0 Å². The van der Waals surface area contributed by atoms with E-state index in [0.29, 0.717) is 10.0 Å². The average Bonchev–Trinajstić information content (AvgIpc) is 2.12. The molecule has 0 fully saturated rings. The third-order valence-corrected chi connectivity index (χ3v) is 2.64. The van der Waals surface area contributed by atoms with Crippen LogP contribution in [0.25, 0.3) is 0 Å². The normalized spacial score (nSPS) is 14.5. The van der Waals surface area contributed by atoms with E-state index in [1.807, 2.05) is 6.07 Å². The van der Waals surface area contributed by atoms with E-state index in [1.54, 1.807) is 6.07 Å². The van der Waals surface area contributed by atoms with Gasteiger partial charge < -0.3 is 10.6 Å². The minimum atomic E-state index is 0.589. The highest BCUT2D eigenvalue weighted by Crippen LogP contribution is 2.37. The van der Waals surface area contributed by atoms with Crippen LogP contribution in [-0.4, -0.2) is 13.1 Å². The summed E-state index contributed by atoms with van der Waals surface area (Å²) < 4.78 is 0. The zero-order chi connectivity index (χ0) is 8.55. The highest BCUT2D eigenvalue weighted by Gasteiger charge is 2.12. The first-order chi connectivity index (χ1) is 5.79. The molecule has 1 aliphatic heterocycles. The second-order valence-corrected chi connectivity index (χ2v) is 3.42. The van der Waals surface area contributed by atoms with Crippen molar-refractivity contribution < 1.29 is 0 Å². The van der Waals surface area contributed by atoms with Gasteiger partial charge in [0.2, 0.25) is 0 Å². The van der Waals surface area contributed by atoms with Crippen molar-refractivity contribution in [3.63, 3.8) is 0 Å². The van der Waals surface area contributed by atoms with Gasteiger partial charge in [-0.15, -0.1) is 0 Å². The van der Waals surface area contributed by atoms with Gasteiger partial charge in [0.05, 0.1) is 21.4 Å². The van der Waals surface area contributed by atoms with Crippen molar-refractivity contribution in [2.24, 2.45) is 0 Å². The average molecular weight is 203 g/mol. The molecule has 1 heterocycles. The van der Waals surface area contributed by atoms with Crippen LogP contribution in [0.2, 0.25) is 10.0 Å². The summed E-state index contributed by atoms with van der Waals surface area (Å²) in [5, 5.41) is 7.61. The molecule has 0 unspecified atom stereocenters. The van der Waals surface area contributed by atoms with Crippen LogP contribution in [0.5, 0.6) is 0 Å². The summed E-state index contributed by atoms with van der Waals surface area (Å²) in [6.07, 6.45) is 0. The number of nitrogens with one attached hydrogen (secondary N) is 2. The van der Waals surface area contributed by atoms with Gasteiger partial charge in [0.15, 0.2) is 0 Å². The van der Waals surface area contributed by atoms with Gasteiger partial charge in [0.25, 0.3) is 0 Å². The number of anilines is 2. The number of fused-ring (bicyclic) bond motifs is 1. The van der Waals surface area contributed by atoms with Crippen molar-refractivity contribution in [3.05, 3.63) is 22.2 Å².